The second kappa shape index (κ2) is 8.02. The highest BCUT2D eigenvalue weighted by atomic mass is 16.6. The standard InChI is InChI=1S/C21H27N7O2/c1-12-7-8-15(22)10-16(12)24-19-23-11-13(2)18(26-19)25-17-9-14(3)28(27-17)20(29)30-21(4,5)6/h7-11H,22H2,1-6H3,(H2,23,24,25,26,27). The summed E-state index contributed by atoms with van der Waals surface area (Å²) in [4.78, 5) is 21.2. The fourth-order valence-electron chi connectivity index (χ4n) is 2.67. The fourth-order valence-corrected chi connectivity index (χ4v) is 2.67. The summed E-state index contributed by atoms with van der Waals surface area (Å²) in [6.45, 7) is 11.1. The van der Waals surface area contributed by atoms with Gasteiger partial charge in [-0.1, -0.05) is 6.07 Å². The molecule has 0 aliphatic carbocycles. The van der Waals surface area contributed by atoms with Crippen LogP contribution in [0.3, 0.4) is 0 Å². The van der Waals surface area contributed by atoms with Crippen LogP contribution in [-0.2, 0) is 4.74 Å². The maximum atomic E-state index is 12.3. The van der Waals surface area contributed by atoms with Crippen molar-refractivity contribution < 1.29 is 9.53 Å². The first-order valence-corrected chi connectivity index (χ1v) is 9.55. The van der Waals surface area contributed by atoms with E-state index in [4.69, 9.17) is 10.5 Å². The Hall–Kier alpha value is -3.62. The zero-order chi connectivity index (χ0) is 22.1. The number of ether oxygens (including phenoxy) is 1. The van der Waals surface area contributed by atoms with Gasteiger partial charge in [0.25, 0.3) is 0 Å². The summed E-state index contributed by atoms with van der Waals surface area (Å²) < 4.78 is 6.61. The van der Waals surface area contributed by atoms with E-state index in [0.29, 0.717) is 29.0 Å². The lowest BCUT2D eigenvalue weighted by molar-refractivity contribution is 0.0511. The summed E-state index contributed by atoms with van der Waals surface area (Å²) in [5.41, 5.74) is 9.24. The number of aryl methyl sites for hydroxylation is 3. The average molecular weight is 409 g/mol. The smallest absolute Gasteiger partial charge is 0.435 e. The van der Waals surface area contributed by atoms with Crippen LogP contribution in [0.4, 0.5) is 33.8 Å². The molecular formula is C21H27N7O2. The van der Waals surface area contributed by atoms with Crippen molar-refractivity contribution in [3.8, 4) is 0 Å². The number of benzene rings is 1. The fraction of sp³-hybridized carbons (Fsp3) is 0.333. The highest BCUT2D eigenvalue weighted by Crippen LogP contribution is 2.24. The second-order valence-electron chi connectivity index (χ2n) is 8.11. The normalized spacial score (nSPS) is 11.3. The van der Waals surface area contributed by atoms with Crippen LogP contribution in [0, 0.1) is 20.8 Å². The van der Waals surface area contributed by atoms with Gasteiger partial charge < -0.3 is 21.1 Å². The van der Waals surface area contributed by atoms with Gasteiger partial charge in [0.15, 0.2) is 5.82 Å². The van der Waals surface area contributed by atoms with E-state index >= 15 is 0 Å². The van der Waals surface area contributed by atoms with Gasteiger partial charge in [0.1, 0.15) is 11.4 Å². The lowest BCUT2D eigenvalue weighted by Crippen LogP contribution is -2.28. The Morgan fingerprint density at radius 1 is 1.10 bits per heavy atom. The molecule has 3 aromatic rings. The van der Waals surface area contributed by atoms with Crippen molar-refractivity contribution in [1.29, 1.82) is 0 Å². The minimum absolute atomic E-state index is 0.417. The number of carbonyl (C=O) groups excluding carboxylic acids is 1. The summed E-state index contributed by atoms with van der Waals surface area (Å²) in [6.07, 6.45) is 1.17. The van der Waals surface area contributed by atoms with Crippen LogP contribution in [0.25, 0.3) is 0 Å². The molecule has 9 nitrogen and oxygen atoms in total. The summed E-state index contributed by atoms with van der Waals surface area (Å²) >= 11 is 0. The van der Waals surface area contributed by atoms with Crippen molar-refractivity contribution in [1.82, 2.24) is 19.7 Å². The lowest BCUT2D eigenvalue weighted by Gasteiger charge is -2.19. The van der Waals surface area contributed by atoms with Crippen LogP contribution < -0.4 is 16.4 Å². The van der Waals surface area contributed by atoms with Crippen molar-refractivity contribution in [3.63, 3.8) is 0 Å². The predicted molar refractivity (Wildman–Crippen MR) is 118 cm³/mol. The van der Waals surface area contributed by atoms with Crippen LogP contribution in [0.5, 0.6) is 0 Å². The van der Waals surface area contributed by atoms with Crippen LogP contribution >= 0.6 is 0 Å². The van der Waals surface area contributed by atoms with E-state index in [1.807, 2.05) is 52.8 Å². The quantitative estimate of drug-likeness (QED) is 0.541. The number of nitrogens with one attached hydrogen (secondary N) is 2. The van der Waals surface area contributed by atoms with Crippen LogP contribution in [0.1, 0.15) is 37.6 Å². The third-order valence-corrected chi connectivity index (χ3v) is 4.18. The Kier molecular flexibility index (Phi) is 5.64. The van der Waals surface area contributed by atoms with Gasteiger partial charge in [-0.25, -0.2) is 9.78 Å². The minimum atomic E-state index is -0.605. The third kappa shape index (κ3) is 5.05. The van der Waals surface area contributed by atoms with Crippen molar-refractivity contribution >= 4 is 35.1 Å². The molecular weight excluding hydrogens is 382 g/mol. The van der Waals surface area contributed by atoms with E-state index in [1.54, 1.807) is 19.2 Å². The van der Waals surface area contributed by atoms with E-state index in [0.717, 1.165) is 16.8 Å². The monoisotopic (exact) mass is 409 g/mol. The molecule has 30 heavy (non-hydrogen) atoms. The van der Waals surface area contributed by atoms with Crippen molar-refractivity contribution in [2.24, 2.45) is 0 Å². The number of rotatable bonds is 4. The zero-order valence-electron chi connectivity index (χ0n) is 18.1. The summed E-state index contributed by atoms with van der Waals surface area (Å²) in [5, 5.41) is 10.6. The SMILES string of the molecule is Cc1ccc(N)cc1Nc1ncc(C)c(Nc2cc(C)n(C(=O)OC(C)(C)C)n2)n1. The summed E-state index contributed by atoms with van der Waals surface area (Å²) in [5.74, 6) is 1.47. The van der Waals surface area contributed by atoms with Gasteiger partial charge in [0.2, 0.25) is 5.95 Å². The first-order chi connectivity index (χ1) is 14.0. The molecule has 3 rings (SSSR count). The molecule has 0 saturated heterocycles. The topological polar surface area (TPSA) is 120 Å². The van der Waals surface area contributed by atoms with E-state index in [2.05, 4.69) is 25.7 Å². The maximum Gasteiger partial charge on any atom is 0.435 e. The molecule has 1 aromatic carbocycles. The molecule has 158 valence electrons. The Labute approximate surface area is 175 Å². The van der Waals surface area contributed by atoms with Crippen molar-refractivity contribution in [3.05, 3.63) is 47.3 Å². The number of nitrogens with two attached hydrogens (primary N) is 1. The lowest BCUT2D eigenvalue weighted by atomic mass is 10.2. The van der Waals surface area contributed by atoms with Gasteiger partial charge in [0, 0.05) is 34.9 Å². The number of nitrogens with zero attached hydrogens (tertiary/aromatic N) is 4. The number of anilines is 5. The molecule has 0 unspecified atom stereocenters. The number of hydrogen-bond donors (Lipinski definition) is 3. The molecule has 0 bridgehead atoms. The average Bonchev–Trinajstić information content (AvgIpc) is 3.00. The largest absolute Gasteiger partial charge is 0.442 e. The van der Waals surface area contributed by atoms with E-state index in [1.165, 1.54) is 4.68 Å². The molecule has 0 amide bonds. The van der Waals surface area contributed by atoms with Crippen LogP contribution in [0.15, 0.2) is 30.5 Å². The Balaban J connectivity index is 1.82. The molecule has 0 spiro atoms. The van der Waals surface area contributed by atoms with Gasteiger partial charge >= 0.3 is 6.09 Å². The van der Waals surface area contributed by atoms with Crippen LogP contribution in [-0.4, -0.2) is 31.4 Å². The van der Waals surface area contributed by atoms with E-state index in [-0.39, 0.29) is 0 Å². The molecule has 0 fully saturated rings. The molecule has 0 atom stereocenters. The van der Waals surface area contributed by atoms with Gasteiger partial charge in [-0.05, 0) is 59.2 Å². The molecule has 2 aromatic heterocycles. The summed E-state index contributed by atoms with van der Waals surface area (Å²) in [6, 6.07) is 7.35. The first kappa shape index (κ1) is 21.1. The Morgan fingerprint density at radius 3 is 2.53 bits per heavy atom. The van der Waals surface area contributed by atoms with Gasteiger partial charge in [0.05, 0.1) is 0 Å². The maximum absolute atomic E-state index is 12.3. The zero-order valence-corrected chi connectivity index (χ0v) is 18.1. The Bertz CT molecular complexity index is 1080. The Morgan fingerprint density at radius 2 is 1.83 bits per heavy atom. The van der Waals surface area contributed by atoms with Crippen LogP contribution in [0.2, 0.25) is 0 Å². The van der Waals surface area contributed by atoms with E-state index < -0.39 is 11.7 Å². The first-order valence-electron chi connectivity index (χ1n) is 9.55. The number of nitrogen functional groups attached to an aromatic ring is 1. The van der Waals surface area contributed by atoms with Gasteiger partial charge in [-0.3, -0.25) is 0 Å². The van der Waals surface area contributed by atoms with E-state index in [9.17, 15) is 4.79 Å². The minimum Gasteiger partial charge on any atom is -0.442 e. The molecule has 0 aliphatic heterocycles. The highest BCUT2D eigenvalue weighted by Gasteiger charge is 2.20. The molecule has 4 N–H and O–H groups in total. The predicted octanol–water partition coefficient (Wildman–Crippen LogP) is 4.45. The molecule has 9 heteroatoms. The molecule has 0 radical (unpaired) electrons. The summed E-state index contributed by atoms with van der Waals surface area (Å²) in [7, 11) is 0. The molecule has 2 heterocycles. The van der Waals surface area contributed by atoms with Gasteiger partial charge in [-0.2, -0.15) is 9.67 Å². The number of hydrogen-bond acceptors (Lipinski definition) is 8. The highest BCUT2D eigenvalue weighted by molar-refractivity contribution is 5.72. The molecule has 0 aliphatic rings. The third-order valence-electron chi connectivity index (χ3n) is 4.18. The van der Waals surface area contributed by atoms with Gasteiger partial charge in [-0.15, -0.1) is 5.10 Å². The molecule has 0 saturated carbocycles. The van der Waals surface area contributed by atoms with Crippen molar-refractivity contribution in [2.75, 3.05) is 16.4 Å². The number of carbonyl (C=O) groups is 1. The van der Waals surface area contributed by atoms with Crippen molar-refractivity contribution in [2.45, 2.75) is 47.1 Å². The second-order valence-corrected chi connectivity index (χ2v) is 8.11. The number of aromatic nitrogens is 4.